The van der Waals surface area contributed by atoms with Crippen molar-refractivity contribution in [3.05, 3.63) is 28.2 Å². The number of rotatable bonds is 9. The molecule has 2 N–H and O–H groups in total. The average molecular weight is 373 g/mol. The van der Waals surface area contributed by atoms with Crippen molar-refractivity contribution in [2.45, 2.75) is 39.9 Å². The molecule has 6 heteroatoms. The molecule has 22 heavy (non-hydrogen) atoms. The molecule has 0 aliphatic carbocycles. The molecule has 0 spiro atoms. The van der Waals surface area contributed by atoms with Crippen LogP contribution in [0.2, 0.25) is 0 Å². The predicted molar refractivity (Wildman–Crippen MR) is 92.2 cm³/mol. The molecule has 1 aromatic rings. The van der Waals surface area contributed by atoms with E-state index in [1.807, 2.05) is 39.0 Å². The summed E-state index contributed by atoms with van der Waals surface area (Å²) in [5.41, 5.74) is 1.82. The molecule has 2 amide bonds. The average Bonchev–Trinajstić information content (AvgIpc) is 2.47. The van der Waals surface area contributed by atoms with E-state index in [-0.39, 0.29) is 12.3 Å². The van der Waals surface area contributed by atoms with Gasteiger partial charge in [-0.1, -0.05) is 15.9 Å². The van der Waals surface area contributed by atoms with E-state index in [0.29, 0.717) is 19.8 Å². The van der Waals surface area contributed by atoms with Crippen LogP contribution < -0.4 is 10.6 Å². The number of carbonyl (C=O) groups excluding carboxylic acids is 1. The number of halogens is 1. The number of urea groups is 1. The molecule has 0 atom stereocenters. The molecule has 0 bridgehead atoms. The Balaban J connectivity index is 2.28. The molecule has 0 aliphatic rings. The van der Waals surface area contributed by atoms with E-state index in [1.165, 1.54) is 0 Å². The Morgan fingerprint density at radius 3 is 2.55 bits per heavy atom. The maximum atomic E-state index is 11.8. The summed E-state index contributed by atoms with van der Waals surface area (Å²) >= 11 is 3.40. The van der Waals surface area contributed by atoms with Crippen LogP contribution in [0.25, 0.3) is 0 Å². The number of ether oxygens (including phenoxy) is 2. The number of hydrogen-bond donors (Lipinski definition) is 2. The quantitative estimate of drug-likeness (QED) is 0.507. The summed E-state index contributed by atoms with van der Waals surface area (Å²) in [6, 6.07) is 5.54. The lowest BCUT2D eigenvalue weighted by molar-refractivity contribution is -0.139. The maximum Gasteiger partial charge on any atom is 0.319 e. The second kappa shape index (κ2) is 10.6. The number of benzene rings is 1. The van der Waals surface area contributed by atoms with Gasteiger partial charge in [0.2, 0.25) is 0 Å². The summed E-state index contributed by atoms with van der Waals surface area (Å²) in [7, 11) is 0. The second-order valence-corrected chi connectivity index (χ2v) is 5.74. The normalized spacial score (nSPS) is 10.8. The zero-order chi connectivity index (χ0) is 16.4. The largest absolute Gasteiger partial charge is 0.353 e. The molecule has 0 saturated carbocycles. The third-order valence-corrected chi connectivity index (χ3v) is 3.54. The molecule has 5 nitrogen and oxygen atoms in total. The highest BCUT2D eigenvalue weighted by atomic mass is 79.9. The summed E-state index contributed by atoms with van der Waals surface area (Å²) in [6.45, 7) is 7.67. The zero-order valence-corrected chi connectivity index (χ0v) is 15.0. The Kier molecular flexibility index (Phi) is 9.11. The lowest BCUT2D eigenvalue weighted by atomic mass is 10.2. The molecular weight excluding hydrogens is 348 g/mol. The minimum absolute atomic E-state index is 0.187. The van der Waals surface area contributed by atoms with E-state index in [2.05, 4.69) is 26.6 Å². The van der Waals surface area contributed by atoms with E-state index >= 15 is 0 Å². The third kappa shape index (κ3) is 7.24. The van der Waals surface area contributed by atoms with Crippen LogP contribution >= 0.6 is 15.9 Å². The molecule has 0 saturated heterocycles. The van der Waals surface area contributed by atoms with Gasteiger partial charge in [0.05, 0.1) is 0 Å². The standard InChI is InChI=1S/C16H25BrN2O3/c1-4-21-15(22-5-2)7-6-10-18-16(20)19-14-9-8-13(17)11-12(14)3/h8-9,11,15H,4-7,10H2,1-3H3,(H2,18,19,20). The van der Waals surface area contributed by atoms with Gasteiger partial charge in [-0.15, -0.1) is 0 Å². The Bertz CT molecular complexity index is 463. The van der Waals surface area contributed by atoms with Crippen molar-refractivity contribution in [2.24, 2.45) is 0 Å². The second-order valence-electron chi connectivity index (χ2n) is 4.82. The van der Waals surface area contributed by atoms with Gasteiger partial charge in [0.1, 0.15) is 0 Å². The van der Waals surface area contributed by atoms with Gasteiger partial charge < -0.3 is 20.1 Å². The molecule has 0 aliphatic heterocycles. The van der Waals surface area contributed by atoms with Crippen molar-refractivity contribution in [3.63, 3.8) is 0 Å². The highest BCUT2D eigenvalue weighted by Crippen LogP contribution is 2.19. The first-order valence-electron chi connectivity index (χ1n) is 7.61. The van der Waals surface area contributed by atoms with Gasteiger partial charge in [-0.05, 0) is 51.0 Å². The summed E-state index contributed by atoms with van der Waals surface area (Å²) in [6.07, 6.45) is 1.38. The highest BCUT2D eigenvalue weighted by Gasteiger charge is 2.08. The molecule has 0 unspecified atom stereocenters. The lowest BCUT2D eigenvalue weighted by Gasteiger charge is -2.17. The molecule has 1 aromatic carbocycles. The van der Waals surface area contributed by atoms with Gasteiger partial charge in [-0.25, -0.2) is 4.79 Å². The Morgan fingerprint density at radius 2 is 1.95 bits per heavy atom. The number of nitrogens with one attached hydrogen (secondary N) is 2. The van der Waals surface area contributed by atoms with Crippen LogP contribution in [0.3, 0.4) is 0 Å². The molecule has 0 radical (unpaired) electrons. The molecule has 0 heterocycles. The van der Waals surface area contributed by atoms with Crippen LogP contribution in [0, 0.1) is 6.92 Å². The number of hydrogen-bond acceptors (Lipinski definition) is 3. The monoisotopic (exact) mass is 372 g/mol. The number of carbonyl (C=O) groups is 1. The highest BCUT2D eigenvalue weighted by molar-refractivity contribution is 9.10. The minimum atomic E-state index is -0.199. The van der Waals surface area contributed by atoms with Crippen molar-refractivity contribution < 1.29 is 14.3 Å². The third-order valence-electron chi connectivity index (χ3n) is 3.04. The van der Waals surface area contributed by atoms with E-state index in [1.54, 1.807) is 0 Å². The summed E-state index contributed by atoms with van der Waals surface area (Å²) in [5.74, 6) is 0. The van der Waals surface area contributed by atoms with Crippen LogP contribution in [0.5, 0.6) is 0 Å². The lowest BCUT2D eigenvalue weighted by Crippen LogP contribution is -2.30. The molecule has 0 fully saturated rings. The van der Waals surface area contributed by atoms with Crippen LogP contribution in [-0.4, -0.2) is 32.1 Å². The predicted octanol–water partition coefficient (Wildman–Crippen LogP) is 4.06. The molecule has 124 valence electrons. The first-order valence-corrected chi connectivity index (χ1v) is 8.40. The summed E-state index contributed by atoms with van der Waals surface area (Å²) < 4.78 is 11.9. The number of amides is 2. The minimum Gasteiger partial charge on any atom is -0.353 e. The zero-order valence-electron chi connectivity index (χ0n) is 13.4. The summed E-state index contributed by atoms with van der Waals surface area (Å²) in [5, 5.41) is 5.68. The van der Waals surface area contributed by atoms with E-state index in [4.69, 9.17) is 9.47 Å². The van der Waals surface area contributed by atoms with Gasteiger partial charge >= 0.3 is 6.03 Å². The van der Waals surface area contributed by atoms with Gasteiger partial charge in [0.25, 0.3) is 0 Å². The number of aryl methyl sites for hydroxylation is 1. The SMILES string of the molecule is CCOC(CCCNC(=O)Nc1ccc(Br)cc1C)OCC. The maximum absolute atomic E-state index is 11.8. The van der Waals surface area contributed by atoms with Crippen LogP contribution in [-0.2, 0) is 9.47 Å². The fourth-order valence-electron chi connectivity index (χ4n) is 1.99. The van der Waals surface area contributed by atoms with Crippen molar-refractivity contribution in [2.75, 3.05) is 25.1 Å². The van der Waals surface area contributed by atoms with Crippen LogP contribution in [0.15, 0.2) is 22.7 Å². The molecular formula is C16H25BrN2O3. The van der Waals surface area contributed by atoms with Crippen molar-refractivity contribution in [1.29, 1.82) is 0 Å². The molecule has 1 rings (SSSR count). The Labute approximate surface area is 140 Å². The topological polar surface area (TPSA) is 59.6 Å². The van der Waals surface area contributed by atoms with Crippen LogP contribution in [0.4, 0.5) is 10.5 Å². The fourth-order valence-corrected chi connectivity index (χ4v) is 2.47. The Morgan fingerprint density at radius 1 is 1.27 bits per heavy atom. The fraction of sp³-hybridized carbons (Fsp3) is 0.562. The van der Waals surface area contributed by atoms with Crippen molar-refractivity contribution in [1.82, 2.24) is 5.32 Å². The first-order chi connectivity index (χ1) is 10.6. The van der Waals surface area contributed by atoms with Gasteiger partial charge in [0, 0.05) is 36.3 Å². The van der Waals surface area contributed by atoms with E-state index < -0.39 is 0 Å². The van der Waals surface area contributed by atoms with Gasteiger partial charge in [-0.3, -0.25) is 0 Å². The van der Waals surface area contributed by atoms with Crippen molar-refractivity contribution >= 4 is 27.6 Å². The van der Waals surface area contributed by atoms with Crippen LogP contribution in [0.1, 0.15) is 32.3 Å². The molecule has 0 aromatic heterocycles. The number of anilines is 1. The first kappa shape index (κ1) is 18.9. The van der Waals surface area contributed by atoms with Crippen molar-refractivity contribution in [3.8, 4) is 0 Å². The Hall–Kier alpha value is -1.11. The van der Waals surface area contributed by atoms with E-state index in [9.17, 15) is 4.79 Å². The summed E-state index contributed by atoms with van der Waals surface area (Å²) in [4.78, 5) is 11.8. The smallest absolute Gasteiger partial charge is 0.319 e. The van der Waals surface area contributed by atoms with E-state index in [0.717, 1.165) is 28.6 Å². The van der Waals surface area contributed by atoms with Gasteiger partial charge in [-0.2, -0.15) is 0 Å². The van der Waals surface area contributed by atoms with Gasteiger partial charge in [0.15, 0.2) is 6.29 Å².